The molecule has 1 unspecified atom stereocenters. The van der Waals surface area contributed by atoms with Crippen molar-refractivity contribution in [1.29, 1.82) is 0 Å². The summed E-state index contributed by atoms with van der Waals surface area (Å²) in [5.74, 6) is -2.81. The second-order valence-corrected chi connectivity index (χ2v) is 16.8. The number of nitrogens with one attached hydrogen (secondary N) is 3. The average molecular weight is 724 g/mol. The minimum absolute atomic E-state index is 0.0311. The highest BCUT2D eigenvalue weighted by Gasteiger charge is 2.46. The lowest BCUT2D eigenvalue weighted by Gasteiger charge is -2.36. The van der Waals surface area contributed by atoms with Crippen LogP contribution in [0.15, 0.2) is 30.3 Å². The first-order chi connectivity index (χ1) is 24.6. The minimum atomic E-state index is -1.10. The lowest BCUT2D eigenvalue weighted by molar-refractivity contribution is -0.149. The van der Waals surface area contributed by atoms with Crippen LogP contribution in [0, 0.1) is 29.1 Å². The molecule has 1 saturated heterocycles. The number of ketones is 1. The number of carbonyl (C=O) groups excluding carboxylic acids is 6. The van der Waals surface area contributed by atoms with Crippen LogP contribution in [0.25, 0.3) is 0 Å². The molecule has 3 fully saturated rings. The van der Waals surface area contributed by atoms with Crippen LogP contribution in [0.1, 0.15) is 117 Å². The van der Waals surface area contributed by atoms with E-state index >= 15 is 0 Å². The van der Waals surface area contributed by atoms with Gasteiger partial charge in [0.25, 0.3) is 5.91 Å². The van der Waals surface area contributed by atoms with Crippen molar-refractivity contribution in [2.45, 2.75) is 142 Å². The quantitative estimate of drug-likeness (QED) is 0.140. The number of Topliss-reactive ketones (excluding diaryl/α,β-unsaturated/α-hetero) is 1. The molecule has 0 spiro atoms. The third-order valence-corrected chi connectivity index (χ3v) is 11.1. The second kappa shape index (κ2) is 18.7. The first-order valence-electron chi connectivity index (χ1n) is 19.4. The van der Waals surface area contributed by atoms with E-state index in [2.05, 4.69) is 29.8 Å². The monoisotopic (exact) mass is 723 g/mol. The maximum absolute atomic E-state index is 14.5. The van der Waals surface area contributed by atoms with Gasteiger partial charge in [0.1, 0.15) is 24.7 Å². The molecule has 2 saturated carbocycles. The Hall–Kier alpha value is -3.96. The molecule has 12 heteroatoms. The van der Waals surface area contributed by atoms with Crippen LogP contribution in [0.5, 0.6) is 0 Å². The summed E-state index contributed by atoms with van der Waals surface area (Å²) in [5.41, 5.74) is 5.43. The molecule has 288 valence electrons. The number of ether oxygens (including phenoxy) is 1. The van der Waals surface area contributed by atoms with Gasteiger partial charge in [-0.05, 0) is 66.8 Å². The summed E-state index contributed by atoms with van der Waals surface area (Å²) in [7, 11) is 0. The SMILES string of the molecule is CC(C)CC[C@@H]1C[C@@H](C(=O)NC(CC2CCC2)C(=O)C(N)=O)N(C(=O)[C@@H](NC(=O)N[C@H](C(=O)OCc2ccccc2)C2CCCCC2)C(C)(C)C)C1. The topological polar surface area (TPSA) is 177 Å². The Morgan fingerprint density at radius 1 is 0.885 bits per heavy atom. The highest BCUT2D eigenvalue weighted by molar-refractivity contribution is 6.37. The van der Waals surface area contributed by atoms with Gasteiger partial charge < -0.3 is 31.3 Å². The van der Waals surface area contributed by atoms with E-state index in [1.807, 2.05) is 51.1 Å². The predicted octanol–water partition coefficient (Wildman–Crippen LogP) is 4.78. The maximum atomic E-state index is 14.5. The van der Waals surface area contributed by atoms with Crippen molar-refractivity contribution < 1.29 is 33.5 Å². The molecule has 3 aliphatic rings. The van der Waals surface area contributed by atoms with E-state index in [1.54, 1.807) is 0 Å². The fraction of sp³-hybridized carbons (Fsp3) is 0.700. The molecule has 52 heavy (non-hydrogen) atoms. The standard InChI is InChI=1S/C40H61N5O7/c1-25(2)19-20-28-22-31(36(48)42-30(33(46)35(41)47)21-26-15-12-16-26)45(23-28)37(49)34(40(3,4)5)44-39(51)43-32(29-17-10-7-11-18-29)38(50)52-24-27-13-8-6-9-14-27/h6,8-9,13-14,25-26,28-32,34H,7,10-12,15-24H2,1-5H3,(H2,41,47)(H,42,48)(H2,43,44,51)/t28-,30?,31+,32+,34-/m1/s1. The van der Waals surface area contributed by atoms with Gasteiger partial charge in [0.15, 0.2) is 0 Å². The van der Waals surface area contributed by atoms with Crippen molar-refractivity contribution in [2.75, 3.05) is 6.54 Å². The summed E-state index contributed by atoms with van der Waals surface area (Å²) < 4.78 is 5.68. The third-order valence-electron chi connectivity index (χ3n) is 11.1. The van der Waals surface area contributed by atoms with Crippen LogP contribution in [-0.2, 0) is 35.3 Å². The van der Waals surface area contributed by atoms with E-state index in [0.717, 1.165) is 69.8 Å². The van der Waals surface area contributed by atoms with Gasteiger partial charge in [0.05, 0.1) is 6.04 Å². The van der Waals surface area contributed by atoms with Gasteiger partial charge >= 0.3 is 12.0 Å². The number of primary amides is 1. The lowest BCUT2D eigenvalue weighted by atomic mass is 9.80. The van der Waals surface area contributed by atoms with Gasteiger partial charge in [-0.2, -0.15) is 0 Å². The van der Waals surface area contributed by atoms with E-state index in [-0.39, 0.29) is 24.4 Å². The highest BCUT2D eigenvalue weighted by Crippen LogP contribution is 2.34. The average Bonchev–Trinajstić information content (AvgIpc) is 3.53. The second-order valence-electron chi connectivity index (χ2n) is 16.8. The Morgan fingerprint density at radius 2 is 1.56 bits per heavy atom. The fourth-order valence-corrected chi connectivity index (χ4v) is 7.71. The molecule has 0 bridgehead atoms. The molecule has 0 radical (unpaired) electrons. The summed E-state index contributed by atoms with van der Waals surface area (Å²) in [6, 6.07) is 4.81. The van der Waals surface area contributed by atoms with Crippen LogP contribution in [-0.4, -0.2) is 71.1 Å². The highest BCUT2D eigenvalue weighted by atomic mass is 16.5. The lowest BCUT2D eigenvalue weighted by Crippen LogP contribution is -2.61. The molecule has 2 aliphatic carbocycles. The Kier molecular flexibility index (Phi) is 14.7. The smallest absolute Gasteiger partial charge is 0.329 e. The summed E-state index contributed by atoms with van der Waals surface area (Å²) in [5, 5.41) is 8.54. The molecule has 1 aromatic rings. The molecule has 5 atom stereocenters. The van der Waals surface area contributed by atoms with Gasteiger partial charge in [-0.1, -0.05) is 110 Å². The number of hydrogen-bond acceptors (Lipinski definition) is 7. The Labute approximate surface area is 309 Å². The van der Waals surface area contributed by atoms with Gasteiger partial charge in [0, 0.05) is 6.54 Å². The third kappa shape index (κ3) is 11.5. The van der Waals surface area contributed by atoms with Crippen molar-refractivity contribution in [2.24, 2.45) is 34.8 Å². The van der Waals surface area contributed by atoms with Gasteiger partial charge in [-0.15, -0.1) is 0 Å². The molecule has 12 nitrogen and oxygen atoms in total. The van der Waals surface area contributed by atoms with E-state index in [4.69, 9.17) is 10.5 Å². The number of benzene rings is 1. The molecule has 5 N–H and O–H groups in total. The number of hydrogen-bond donors (Lipinski definition) is 4. The number of rotatable bonds is 16. The number of urea groups is 1. The van der Waals surface area contributed by atoms with Crippen LogP contribution in [0.3, 0.4) is 0 Å². The van der Waals surface area contributed by atoms with Crippen molar-refractivity contribution in [1.82, 2.24) is 20.9 Å². The zero-order valence-corrected chi connectivity index (χ0v) is 31.8. The summed E-state index contributed by atoms with van der Waals surface area (Å²) in [4.78, 5) is 82.0. The van der Waals surface area contributed by atoms with Gasteiger partial charge in [-0.3, -0.25) is 19.2 Å². The number of carbonyl (C=O) groups is 6. The van der Waals surface area contributed by atoms with E-state index in [0.29, 0.717) is 25.3 Å². The van der Waals surface area contributed by atoms with Gasteiger partial charge in [-0.25, -0.2) is 9.59 Å². The van der Waals surface area contributed by atoms with E-state index in [1.165, 1.54) is 4.90 Å². The minimum Gasteiger partial charge on any atom is -0.459 e. The van der Waals surface area contributed by atoms with Crippen molar-refractivity contribution >= 4 is 35.5 Å². The predicted molar refractivity (Wildman–Crippen MR) is 197 cm³/mol. The fourth-order valence-electron chi connectivity index (χ4n) is 7.71. The maximum Gasteiger partial charge on any atom is 0.329 e. The van der Waals surface area contributed by atoms with Crippen LogP contribution < -0.4 is 21.7 Å². The number of nitrogens with two attached hydrogens (primary N) is 1. The summed E-state index contributed by atoms with van der Waals surface area (Å²) in [6.45, 7) is 10.2. The Bertz CT molecular complexity index is 1400. The van der Waals surface area contributed by atoms with E-state index in [9.17, 15) is 28.8 Å². The molecule has 1 heterocycles. The van der Waals surface area contributed by atoms with Crippen LogP contribution in [0.4, 0.5) is 4.79 Å². The Balaban J connectivity index is 1.52. The van der Waals surface area contributed by atoms with Gasteiger partial charge in [0.2, 0.25) is 17.6 Å². The zero-order valence-electron chi connectivity index (χ0n) is 31.8. The molecular formula is C40H61N5O7. The first kappa shape index (κ1) is 40.8. The van der Waals surface area contributed by atoms with Crippen molar-refractivity contribution in [3.63, 3.8) is 0 Å². The van der Waals surface area contributed by atoms with Crippen LogP contribution >= 0.6 is 0 Å². The normalized spacial score (nSPS) is 21.4. The first-order valence-corrected chi connectivity index (χ1v) is 19.4. The van der Waals surface area contributed by atoms with Crippen molar-refractivity contribution in [3.8, 4) is 0 Å². The molecule has 4 rings (SSSR count). The molecule has 5 amide bonds. The zero-order chi connectivity index (χ0) is 38.0. The summed E-state index contributed by atoms with van der Waals surface area (Å²) >= 11 is 0. The molecular weight excluding hydrogens is 662 g/mol. The number of nitrogens with zero attached hydrogens (tertiary/aromatic N) is 1. The van der Waals surface area contributed by atoms with Crippen LogP contribution in [0.2, 0.25) is 0 Å². The van der Waals surface area contributed by atoms with Crippen molar-refractivity contribution in [3.05, 3.63) is 35.9 Å². The molecule has 1 aromatic carbocycles. The largest absolute Gasteiger partial charge is 0.459 e. The summed E-state index contributed by atoms with van der Waals surface area (Å²) in [6.07, 6.45) is 9.80. The molecule has 1 aliphatic heterocycles. The number of likely N-dealkylation sites (tertiary alicyclic amines) is 1. The number of esters is 1. The van der Waals surface area contributed by atoms with E-state index < -0.39 is 65.1 Å². The molecule has 0 aromatic heterocycles. The number of amides is 5. The Morgan fingerprint density at radius 3 is 2.13 bits per heavy atom.